The van der Waals surface area contributed by atoms with Gasteiger partial charge in [0, 0.05) is 0 Å². The van der Waals surface area contributed by atoms with Crippen LogP contribution in [0.25, 0.3) is 5.32 Å². The molecule has 0 aliphatic heterocycles. The molecule has 0 rings (SSSR count). The van der Waals surface area contributed by atoms with Crippen LogP contribution in [0.4, 0.5) is 0 Å². The topological polar surface area (TPSA) is 14.1 Å². The van der Waals surface area contributed by atoms with E-state index in [9.17, 15) is 0 Å². The van der Waals surface area contributed by atoms with Crippen molar-refractivity contribution >= 4 is 15.2 Å². The van der Waals surface area contributed by atoms with Crippen molar-refractivity contribution in [2.45, 2.75) is 103 Å². The summed E-state index contributed by atoms with van der Waals surface area (Å²) >= 11 is 0.815. The Labute approximate surface area is 149 Å². The fourth-order valence-electron chi connectivity index (χ4n) is 2.56. The third-order valence-electron chi connectivity index (χ3n) is 4.44. The zero-order valence-electron chi connectivity index (χ0n) is 16.7. The summed E-state index contributed by atoms with van der Waals surface area (Å²) in [5, 5.41) is 7.67. The first-order valence-corrected chi connectivity index (χ1v) is 11.8. The van der Waals surface area contributed by atoms with Crippen molar-refractivity contribution in [1.29, 1.82) is 0 Å². The van der Waals surface area contributed by atoms with E-state index in [1.165, 1.54) is 61.9 Å². The summed E-state index contributed by atoms with van der Waals surface area (Å²) in [6, 6.07) is 0. The molecule has 0 saturated heterocycles. The monoisotopic (exact) mass is 325 g/mol. The Morgan fingerprint density at radius 2 is 1.09 bits per heavy atom. The molecule has 0 saturated carbocycles. The Morgan fingerprint density at radius 3 is 1.32 bits per heavy atom. The Kier molecular flexibility index (Phi) is 24.2. The van der Waals surface area contributed by atoms with Gasteiger partial charge in [-0.15, -0.1) is 13.1 Å². The first-order valence-electron chi connectivity index (χ1n) is 10.1. The minimum absolute atomic E-state index is 0.815. The Morgan fingerprint density at radius 1 is 0.682 bits per heavy atom. The summed E-state index contributed by atoms with van der Waals surface area (Å²) in [5.41, 5.74) is 0. The van der Waals surface area contributed by atoms with Crippen LogP contribution in [-0.4, -0.2) is 28.3 Å². The molecule has 0 aromatic heterocycles. The van der Waals surface area contributed by atoms with Gasteiger partial charge in [0.1, 0.15) is 0 Å². The molecule has 0 heterocycles. The minimum atomic E-state index is 0.815. The van der Waals surface area contributed by atoms with E-state index in [2.05, 4.69) is 41.5 Å². The molecule has 1 nitrogen and oxygen atoms in total. The second-order valence-electron chi connectivity index (χ2n) is 6.53. The first kappa shape index (κ1) is 24.7. The van der Waals surface area contributed by atoms with Crippen LogP contribution in [-0.2, 0) is 0 Å². The second kappa shape index (κ2) is 21.5. The van der Waals surface area contributed by atoms with Gasteiger partial charge in [-0.25, -0.2) is 0 Å². The van der Waals surface area contributed by atoms with Gasteiger partial charge in [0.05, 0.1) is 0 Å². The molecular formula is C20H44AlN. The molecular weight excluding hydrogens is 281 g/mol. The van der Waals surface area contributed by atoms with E-state index >= 15 is 0 Å². The maximum absolute atomic E-state index is 4.82. The van der Waals surface area contributed by atoms with E-state index in [0.29, 0.717) is 0 Å². The van der Waals surface area contributed by atoms with E-state index < -0.39 is 0 Å². The van der Waals surface area contributed by atoms with Crippen molar-refractivity contribution in [2.75, 3.05) is 13.1 Å². The molecule has 0 aliphatic rings. The SMILES string of the molecule is CCCCC(CC)C[N-]CC(CC)CCCC.C[CH2][Al+][CH2]C. The summed E-state index contributed by atoms with van der Waals surface area (Å²) in [7, 11) is 0. The van der Waals surface area contributed by atoms with Crippen LogP contribution in [0.2, 0.25) is 10.6 Å². The van der Waals surface area contributed by atoms with Crippen LogP contribution in [0.5, 0.6) is 0 Å². The molecule has 0 bridgehead atoms. The Hall–Kier alpha value is 0.492. The van der Waals surface area contributed by atoms with Crippen LogP contribution >= 0.6 is 0 Å². The van der Waals surface area contributed by atoms with Crippen molar-refractivity contribution in [3.05, 3.63) is 5.32 Å². The van der Waals surface area contributed by atoms with Crippen LogP contribution in [0, 0.1) is 11.8 Å². The average Bonchev–Trinajstić information content (AvgIpc) is 2.55. The van der Waals surface area contributed by atoms with Gasteiger partial charge in [-0.05, 0) is 0 Å². The quantitative estimate of drug-likeness (QED) is 0.296. The number of hydrogen-bond acceptors (Lipinski definition) is 0. The zero-order chi connectivity index (χ0) is 17.1. The van der Waals surface area contributed by atoms with Crippen LogP contribution in [0.3, 0.4) is 0 Å². The summed E-state index contributed by atoms with van der Waals surface area (Å²) in [5.74, 6) is 1.69. The van der Waals surface area contributed by atoms with Gasteiger partial charge in [-0.3, -0.25) is 0 Å². The van der Waals surface area contributed by atoms with Crippen molar-refractivity contribution in [3.63, 3.8) is 0 Å². The standard InChI is InChI=1S/C16H34N.2C2H5.Al/c1-5-9-11-15(7-3)13-17-14-16(8-4)12-10-6-2;2*1-2;/h15-16H,5-14H2,1-4H3;2*1H2,2H3;/q-1;;;+1. The molecule has 2 heteroatoms. The number of unbranched alkanes of at least 4 members (excludes halogenated alkanes) is 2. The predicted molar refractivity (Wildman–Crippen MR) is 106 cm³/mol. The van der Waals surface area contributed by atoms with E-state index in [1.54, 1.807) is 0 Å². The van der Waals surface area contributed by atoms with Gasteiger partial charge in [0.25, 0.3) is 0 Å². The normalized spacial score (nSPS) is 13.0. The second-order valence-corrected chi connectivity index (χ2v) is 8.74. The van der Waals surface area contributed by atoms with E-state index in [1.807, 2.05) is 0 Å². The van der Waals surface area contributed by atoms with Gasteiger partial charge in [0.2, 0.25) is 0 Å². The van der Waals surface area contributed by atoms with Gasteiger partial charge in [-0.2, -0.15) is 0 Å². The zero-order valence-corrected chi connectivity index (χ0v) is 17.8. The molecule has 0 spiro atoms. The van der Waals surface area contributed by atoms with Crippen LogP contribution in [0.1, 0.15) is 92.9 Å². The average molecular weight is 326 g/mol. The van der Waals surface area contributed by atoms with Crippen molar-refractivity contribution in [2.24, 2.45) is 11.8 Å². The van der Waals surface area contributed by atoms with Gasteiger partial charge in [0.15, 0.2) is 0 Å². The van der Waals surface area contributed by atoms with Crippen LogP contribution in [0.15, 0.2) is 0 Å². The number of rotatable bonds is 14. The predicted octanol–water partition coefficient (Wildman–Crippen LogP) is 7.36. The van der Waals surface area contributed by atoms with Gasteiger partial charge >= 0.3 is 39.6 Å². The van der Waals surface area contributed by atoms with E-state index in [0.717, 1.165) is 40.1 Å². The molecule has 0 radical (unpaired) electrons. The molecule has 0 aromatic carbocycles. The maximum atomic E-state index is 4.82. The van der Waals surface area contributed by atoms with Crippen molar-refractivity contribution in [3.8, 4) is 0 Å². The third kappa shape index (κ3) is 18.5. The van der Waals surface area contributed by atoms with E-state index in [-0.39, 0.29) is 0 Å². The fraction of sp³-hybridized carbons (Fsp3) is 1.00. The Bertz CT molecular complexity index is 167. The van der Waals surface area contributed by atoms with Crippen molar-refractivity contribution < 1.29 is 0 Å². The molecule has 0 amide bonds. The Balaban J connectivity index is 0. The first-order chi connectivity index (χ1) is 10.7. The number of nitrogens with zero attached hydrogens (tertiary/aromatic N) is 1. The molecule has 132 valence electrons. The molecule has 0 aromatic rings. The number of hydrogen-bond donors (Lipinski definition) is 0. The van der Waals surface area contributed by atoms with Crippen molar-refractivity contribution in [1.82, 2.24) is 0 Å². The summed E-state index contributed by atoms with van der Waals surface area (Å²) in [4.78, 5) is 0. The molecule has 2 atom stereocenters. The molecule has 0 aliphatic carbocycles. The summed E-state index contributed by atoms with van der Waals surface area (Å²) in [6.45, 7) is 15.9. The van der Waals surface area contributed by atoms with Gasteiger partial charge in [-0.1, -0.05) is 90.9 Å². The fourth-order valence-corrected chi connectivity index (χ4v) is 3.14. The van der Waals surface area contributed by atoms with Gasteiger partial charge < -0.3 is 5.32 Å². The summed E-state index contributed by atoms with van der Waals surface area (Å²) < 4.78 is 0. The molecule has 0 N–H and O–H groups in total. The molecule has 2 unspecified atom stereocenters. The third-order valence-corrected chi connectivity index (χ3v) is 5.59. The van der Waals surface area contributed by atoms with Crippen LogP contribution < -0.4 is 0 Å². The summed E-state index contributed by atoms with van der Waals surface area (Å²) in [6.07, 6.45) is 10.8. The van der Waals surface area contributed by atoms with E-state index in [4.69, 9.17) is 5.32 Å². The molecule has 22 heavy (non-hydrogen) atoms. The molecule has 0 fully saturated rings.